The number of nitrogens with zero attached hydrogens (tertiary/aromatic N) is 15. The van der Waals surface area contributed by atoms with E-state index in [1.165, 1.54) is 12.8 Å². The van der Waals surface area contributed by atoms with Crippen molar-refractivity contribution in [3.63, 3.8) is 0 Å². The Bertz CT molecular complexity index is 3010. The van der Waals surface area contributed by atoms with Crippen LogP contribution in [0.3, 0.4) is 0 Å². The zero-order valence-corrected chi connectivity index (χ0v) is 62.3. The molecule has 10 bridgehead atoms. The van der Waals surface area contributed by atoms with E-state index in [9.17, 15) is 47.9 Å². The van der Waals surface area contributed by atoms with Gasteiger partial charge in [-0.2, -0.15) is 0 Å². The van der Waals surface area contributed by atoms with Crippen LogP contribution in [0, 0.1) is 11.8 Å². The van der Waals surface area contributed by atoms with Gasteiger partial charge in [0.25, 0.3) is 29.5 Å². The Labute approximate surface area is 605 Å². The van der Waals surface area contributed by atoms with Crippen molar-refractivity contribution in [2.24, 2.45) is 11.8 Å². The van der Waals surface area contributed by atoms with Crippen molar-refractivity contribution in [3.05, 3.63) is 0 Å². The van der Waals surface area contributed by atoms with E-state index in [2.05, 4.69) is 73.0 Å². The molecule has 0 aliphatic carbocycles. The first kappa shape index (κ1) is 77.4. The van der Waals surface area contributed by atoms with Gasteiger partial charge in [-0.3, -0.25) is 48.2 Å². The number of rotatable bonds is 19. The van der Waals surface area contributed by atoms with Crippen LogP contribution in [0.4, 0.5) is 24.0 Å². The first-order valence-electron chi connectivity index (χ1n) is 37.6. The van der Waals surface area contributed by atoms with Gasteiger partial charge in [-0.05, 0) is 164 Å². The molecule has 15 fully saturated rings. The fraction of sp³-hybridized carbons (Fsp3) is 0.853. The third-order valence-electron chi connectivity index (χ3n) is 24.3. The number of hydroxylamine groups is 5. The lowest BCUT2D eigenvalue weighted by atomic mass is 10.00. The normalized spacial score (nSPS) is 32.6. The summed E-state index contributed by atoms with van der Waals surface area (Å²) in [5, 5.41) is 0. The first-order valence-corrected chi connectivity index (χ1v) is 37.6. The molecule has 0 aromatic heterocycles. The minimum absolute atomic E-state index is 0.0449. The van der Waals surface area contributed by atoms with Gasteiger partial charge in [0.15, 0.2) is 0 Å². The zero-order valence-electron chi connectivity index (χ0n) is 62.3. The highest BCUT2D eigenvalue weighted by Crippen LogP contribution is 2.34. The quantitative estimate of drug-likeness (QED) is 0.0976. The van der Waals surface area contributed by atoms with Gasteiger partial charge >= 0.3 is 30.2 Å². The molecule has 0 radical (unpaired) electrons. The van der Waals surface area contributed by atoms with Crippen LogP contribution in [-0.2, 0) is 48.2 Å². The average Bonchev–Trinajstić information content (AvgIpc) is 1.67. The monoisotopic (exact) mass is 1450 g/mol. The molecule has 103 heavy (non-hydrogen) atoms. The maximum Gasteiger partial charge on any atom is 0.320 e. The van der Waals surface area contributed by atoms with Crippen LogP contribution in [-0.4, -0.2) is 394 Å². The second-order valence-corrected chi connectivity index (χ2v) is 31.4. The Morgan fingerprint density at radius 2 is 0.631 bits per heavy atom. The molecule has 578 valence electrons. The smallest absolute Gasteiger partial charge is 0.320 e. The van der Waals surface area contributed by atoms with Gasteiger partial charge < -0.3 is 73.5 Å². The second-order valence-electron chi connectivity index (χ2n) is 31.4. The lowest BCUT2D eigenvalue weighted by Crippen LogP contribution is -2.52. The van der Waals surface area contributed by atoms with E-state index in [-0.39, 0.29) is 126 Å². The summed E-state index contributed by atoms with van der Waals surface area (Å²) in [6.07, 6.45) is 14.6. The minimum atomic E-state index is -0.389. The molecule has 0 saturated carbocycles. The lowest BCUT2D eigenvalue weighted by Gasteiger charge is -2.37. The highest BCUT2D eigenvalue weighted by Gasteiger charge is 2.50. The standard InChI is InChI=1S/C15H26N4O3.C14H24N4O3.3C13H22N4O3/c1-17-7-3-4-11(8-17)10-22-16-14(20)13-6-5-12-9-19(13)15(21)18(12)2;1-16-7-3-4-11(16)9-21-15-13(19)12-6-5-10-8-18(12)14(20)17(10)2;1-15-5-9(6-15)8-20-14-12(18)11-4-3-10-7-17(11)13(19)16(10)2;1-15-6-5-10(15)8-20-14-12(18)11-4-3-9-7-17(11)13(19)16(9)2;1-15-6-5-10(8-15)20-14-12(18)11-4-3-9-7-17(11)13(19)16(9)2/h11-13H,3-10H2,1-2H3,(H,16,20);10-12H,3-9H2,1-2H3,(H,15,19);3*9-11H,3-8H2,1-2H3,(H,14,18)/t11-,12-,13+;10-,11-,12+;10-,11+;2*9-,10+,11+/m11111/s1. The van der Waals surface area contributed by atoms with Crippen LogP contribution in [0.15, 0.2) is 0 Å². The number of nitrogens with one attached hydrogen (secondary N) is 5. The molecule has 35 nitrogen and oxygen atoms in total. The van der Waals surface area contributed by atoms with Gasteiger partial charge in [-0.1, -0.05) is 0 Å². The first-order chi connectivity index (χ1) is 49.3. The van der Waals surface area contributed by atoms with Gasteiger partial charge in [0, 0.05) is 119 Å². The number of likely N-dealkylation sites (tertiary alicyclic amines) is 5. The summed E-state index contributed by atoms with van der Waals surface area (Å²) >= 11 is 0. The predicted octanol–water partition coefficient (Wildman–Crippen LogP) is -0.931. The largest absolute Gasteiger partial charge is 0.323 e. The molecular weight excluding hydrogens is 1340 g/mol. The number of piperidine rings is 6. The summed E-state index contributed by atoms with van der Waals surface area (Å²) in [6, 6.07) is -0.0974. The summed E-state index contributed by atoms with van der Waals surface area (Å²) < 4.78 is 0. The molecule has 15 saturated heterocycles. The summed E-state index contributed by atoms with van der Waals surface area (Å²) in [7, 11) is 19.3. The number of fused-ring (bicyclic) bond motifs is 10. The summed E-state index contributed by atoms with van der Waals surface area (Å²) in [5.41, 5.74) is 12.7. The van der Waals surface area contributed by atoms with Crippen molar-refractivity contribution in [1.82, 2.24) is 101 Å². The van der Waals surface area contributed by atoms with Crippen LogP contribution in [0.5, 0.6) is 0 Å². The van der Waals surface area contributed by atoms with E-state index >= 15 is 0 Å². The van der Waals surface area contributed by atoms with E-state index in [0.29, 0.717) is 115 Å². The molecule has 35 heteroatoms. The van der Waals surface area contributed by atoms with Crippen molar-refractivity contribution >= 4 is 59.7 Å². The number of carbonyl (C=O) groups is 10. The third kappa shape index (κ3) is 18.2. The highest BCUT2D eigenvalue weighted by atomic mass is 16.7. The number of likely N-dealkylation sites (N-methyl/N-ethyl adjacent to an activating group) is 8. The molecule has 0 spiro atoms. The number of carbonyl (C=O) groups excluding carboxylic acids is 10. The molecule has 0 unspecified atom stereocenters. The third-order valence-corrected chi connectivity index (χ3v) is 24.3. The van der Waals surface area contributed by atoms with Crippen LogP contribution in [0.25, 0.3) is 0 Å². The van der Waals surface area contributed by atoms with Crippen LogP contribution in [0.1, 0.15) is 103 Å². The number of amides is 15. The Kier molecular flexibility index (Phi) is 26.1. The minimum Gasteiger partial charge on any atom is -0.323 e. The predicted molar refractivity (Wildman–Crippen MR) is 373 cm³/mol. The molecule has 15 heterocycles. The fourth-order valence-corrected chi connectivity index (χ4v) is 17.2. The summed E-state index contributed by atoms with van der Waals surface area (Å²) in [5.74, 6) is -0.00977. The Hall–Kier alpha value is -6.70. The Morgan fingerprint density at radius 3 is 0.942 bits per heavy atom. The maximum atomic E-state index is 12.3. The molecule has 15 aliphatic heterocycles. The van der Waals surface area contributed by atoms with Crippen molar-refractivity contribution in [1.29, 1.82) is 0 Å². The molecule has 5 N–H and O–H groups in total. The van der Waals surface area contributed by atoms with Gasteiger partial charge in [0.1, 0.15) is 30.2 Å². The van der Waals surface area contributed by atoms with E-state index in [4.69, 9.17) is 24.2 Å². The average molecular weight is 1450 g/mol. The van der Waals surface area contributed by atoms with Gasteiger partial charge in [0.2, 0.25) is 0 Å². The maximum absolute atomic E-state index is 12.3. The van der Waals surface area contributed by atoms with Crippen LogP contribution >= 0.6 is 0 Å². The van der Waals surface area contributed by atoms with Gasteiger partial charge in [-0.15, -0.1) is 0 Å². The molecule has 15 amide bonds. The van der Waals surface area contributed by atoms with E-state index < -0.39 is 0 Å². The summed E-state index contributed by atoms with van der Waals surface area (Å²) in [6.45, 7) is 13.5. The topological polar surface area (TPSA) is 326 Å². The van der Waals surface area contributed by atoms with E-state index in [1.807, 2.05) is 21.1 Å². The molecule has 15 aliphatic rings. The van der Waals surface area contributed by atoms with E-state index in [1.54, 1.807) is 77.2 Å². The molecular formula is C68H116N20O15. The van der Waals surface area contributed by atoms with Gasteiger partial charge in [-0.25, -0.2) is 51.4 Å². The summed E-state index contributed by atoms with van der Waals surface area (Å²) in [4.78, 5) is 176. The van der Waals surface area contributed by atoms with Crippen molar-refractivity contribution < 1.29 is 72.1 Å². The lowest BCUT2D eigenvalue weighted by molar-refractivity contribution is -0.143. The highest BCUT2D eigenvalue weighted by molar-refractivity contribution is 5.91. The van der Waals surface area contributed by atoms with Crippen molar-refractivity contribution in [2.45, 2.75) is 181 Å². The fourth-order valence-electron chi connectivity index (χ4n) is 17.2. The molecule has 0 aromatic carbocycles. The van der Waals surface area contributed by atoms with Gasteiger partial charge in [0.05, 0.1) is 62.7 Å². The number of hydrogen-bond donors (Lipinski definition) is 5. The number of urea groups is 5. The molecule has 15 rings (SSSR count). The van der Waals surface area contributed by atoms with Crippen molar-refractivity contribution in [3.8, 4) is 0 Å². The van der Waals surface area contributed by atoms with Crippen LogP contribution in [0.2, 0.25) is 0 Å². The number of hydrogen-bond acceptors (Lipinski definition) is 20. The Balaban J connectivity index is 0.000000129. The molecule has 14 atom stereocenters. The Morgan fingerprint density at radius 1 is 0.311 bits per heavy atom. The van der Waals surface area contributed by atoms with Crippen LogP contribution < -0.4 is 27.4 Å². The molecule has 0 aromatic rings. The zero-order chi connectivity index (χ0) is 73.5. The SMILES string of the molecule is CN1CC(CONC(=O)[C@@H]2CC[C@@H]3CN2C(=O)N3C)C1.CN1CCC[C@@H](CONC(=O)[C@@H]2CC[C@@H]3CN2C(=O)N3C)C1.CN1CCC[C@@H]1CONC(=O)[C@@H]1CC[C@@H]2CN1C(=O)N2C.CN1CC[C@H](ONC(=O)[C@@H]2CC[C@@H]3CN2C(=O)N3C)C1.CN1CC[C@H]1CONC(=O)[C@@H]1CC[C@@H]2CN1C(=O)N2C. The van der Waals surface area contributed by atoms with Crippen molar-refractivity contribution in [2.75, 3.05) is 182 Å². The van der Waals surface area contributed by atoms with E-state index in [0.717, 1.165) is 110 Å². The second kappa shape index (κ2) is 34.7.